The molecule has 1 N–H and O–H groups in total. The molecule has 68 valence electrons. The van der Waals surface area contributed by atoms with Gasteiger partial charge in [-0.25, -0.2) is 0 Å². The maximum absolute atomic E-state index is 6.82. The SMILES string of the molecule is CCCCCCCCCC=N.[LiH]. The molecule has 12 heavy (non-hydrogen) atoms. The van der Waals surface area contributed by atoms with E-state index >= 15 is 0 Å². The van der Waals surface area contributed by atoms with Crippen molar-refractivity contribution in [2.45, 2.75) is 58.3 Å². The van der Waals surface area contributed by atoms with Crippen molar-refractivity contribution >= 4 is 25.1 Å². The van der Waals surface area contributed by atoms with Crippen molar-refractivity contribution in [3.05, 3.63) is 0 Å². The molecule has 0 rings (SSSR count). The fourth-order valence-electron chi connectivity index (χ4n) is 1.20. The Kier molecular flexibility index (Phi) is 17.0. The Morgan fingerprint density at radius 1 is 0.917 bits per heavy atom. The second kappa shape index (κ2) is 13.8. The summed E-state index contributed by atoms with van der Waals surface area (Å²) in [5, 5.41) is 6.82. The fraction of sp³-hybridized carbons (Fsp3) is 0.900. The summed E-state index contributed by atoms with van der Waals surface area (Å²) in [6.07, 6.45) is 11.9. The van der Waals surface area contributed by atoms with E-state index in [0.29, 0.717) is 0 Å². The van der Waals surface area contributed by atoms with E-state index < -0.39 is 0 Å². The second-order valence-corrected chi connectivity index (χ2v) is 3.11. The predicted molar refractivity (Wildman–Crippen MR) is 58.5 cm³/mol. The Morgan fingerprint density at radius 3 is 1.92 bits per heavy atom. The quantitative estimate of drug-likeness (QED) is 0.323. The molecule has 0 atom stereocenters. The van der Waals surface area contributed by atoms with Crippen LogP contribution in [0.4, 0.5) is 0 Å². The van der Waals surface area contributed by atoms with Crippen LogP contribution < -0.4 is 0 Å². The van der Waals surface area contributed by atoms with Crippen molar-refractivity contribution in [2.75, 3.05) is 0 Å². The first-order valence-electron chi connectivity index (χ1n) is 4.90. The van der Waals surface area contributed by atoms with Crippen LogP contribution in [0.2, 0.25) is 0 Å². The van der Waals surface area contributed by atoms with E-state index in [1.807, 2.05) is 0 Å². The zero-order chi connectivity index (χ0) is 8.36. The molecule has 0 spiro atoms. The third-order valence-corrected chi connectivity index (χ3v) is 1.95. The van der Waals surface area contributed by atoms with E-state index in [1.165, 1.54) is 51.2 Å². The van der Waals surface area contributed by atoms with Crippen molar-refractivity contribution < 1.29 is 0 Å². The number of unbranched alkanes of at least 4 members (excludes halogenated alkanes) is 7. The summed E-state index contributed by atoms with van der Waals surface area (Å²) in [6.45, 7) is 2.25. The summed E-state index contributed by atoms with van der Waals surface area (Å²) in [4.78, 5) is 0. The molecule has 0 aliphatic rings. The first-order chi connectivity index (χ1) is 5.41. The van der Waals surface area contributed by atoms with Crippen molar-refractivity contribution in [3.63, 3.8) is 0 Å². The van der Waals surface area contributed by atoms with E-state index in [-0.39, 0.29) is 18.9 Å². The molecule has 0 fully saturated rings. The molecule has 0 radical (unpaired) electrons. The molecule has 0 saturated heterocycles. The van der Waals surface area contributed by atoms with Gasteiger partial charge in [-0.2, -0.15) is 0 Å². The summed E-state index contributed by atoms with van der Waals surface area (Å²) in [7, 11) is 0. The summed E-state index contributed by atoms with van der Waals surface area (Å²) in [5.41, 5.74) is 0. The first kappa shape index (κ1) is 14.8. The maximum atomic E-state index is 6.82. The summed E-state index contributed by atoms with van der Waals surface area (Å²) < 4.78 is 0. The monoisotopic (exact) mass is 163 g/mol. The molecule has 0 aromatic heterocycles. The van der Waals surface area contributed by atoms with Gasteiger partial charge in [0.25, 0.3) is 0 Å². The van der Waals surface area contributed by atoms with Gasteiger partial charge >= 0.3 is 18.9 Å². The number of nitrogens with one attached hydrogen (secondary N) is 1. The van der Waals surface area contributed by atoms with Crippen molar-refractivity contribution in [3.8, 4) is 0 Å². The third kappa shape index (κ3) is 12.9. The van der Waals surface area contributed by atoms with Crippen LogP contribution in [0.15, 0.2) is 0 Å². The molecule has 0 aliphatic carbocycles. The molecule has 2 heteroatoms. The minimum atomic E-state index is 0. The molecule has 0 bridgehead atoms. The zero-order valence-corrected chi connectivity index (χ0v) is 7.73. The molecule has 0 saturated carbocycles. The number of hydrogen-bond donors (Lipinski definition) is 1. The van der Waals surface area contributed by atoms with Gasteiger partial charge in [0.1, 0.15) is 0 Å². The number of hydrogen-bond acceptors (Lipinski definition) is 1. The van der Waals surface area contributed by atoms with Crippen molar-refractivity contribution in [1.82, 2.24) is 0 Å². The van der Waals surface area contributed by atoms with Gasteiger partial charge in [0.05, 0.1) is 0 Å². The van der Waals surface area contributed by atoms with Gasteiger partial charge in [-0.05, 0) is 19.1 Å². The molecule has 1 nitrogen and oxygen atoms in total. The Balaban J connectivity index is 0. The minimum absolute atomic E-state index is 0. The van der Waals surface area contributed by atoms with Crippen LogP contribution in [-0.2, 0) is 0 Å². The van der Waals surface area contributed by atoms with Gasteiger partial charge < -0.3 is 5.41 Å². The van der Waals surface area contributed by atoms with Gasteiger partial charge in [0.2, 0.25) is 0 Å². The van der Waals surface area contributed by atoms with Crippen LogP contribution in [0, 0.1) is 5.41 Å². The van der Waals surface area contributed by atoms with Crippen molar-refractivity contribution in [2.24, 2.45) is 0 Å². The van der Waals surface area contributed by atoms with Crippen LogP contribution in [0.5, 0.6) is 0 Å². The average molecular weight is 163 g/mol. The predicted octanol–water partition coefficient (Wildman–Crippen LogP) is 3.13. The molecular formula is C10H22LiN. The van der Waals surface area contributed by atoms with Gasteiger partial charge in [-0.1, -0.05) is 45.4 Å². The normalized spacial score (nSPS) is 9.08. The Bertz CT molecular complexity index is 83.9. The van der Waals surface area contributed by atoms with Crippen molar-refractivity contribution in [1.29, 1.82) is 5.41 Å². The fourth-order valence-corrected chi connectivity index (χ4v) is 1.20. The van der Waals surface area contributed by atoms with E-state index in [2.05, 4.69) is 6.92 Å². The molecule has 0 heterocycles. The number of rotatable bonds is 8. The summed E-state index contributed by atoms with van der Waals surface area (Å²) in [5.74, 6) is 0. The standard InChI is InChI=1S/C10H21N.Li.H/c1-2-3-4-5-6-7-8-9-10-11;;/h10-11H,2-9H2,1H3;;. The third-order valence-electron chi connectivity index (χ3n) is 1.95. The summed E-state index contributed by atoms with van der Waals surface area (Å²) >= 11 is 0. The van der Waals surface area contributed by atoms with Crippen LogP contribution in [0.1, 0.15) is 58.3 Å². The second-order valence-electron chi connectivity index (χ2n) is 3.11. The molecule has 0 aromatic carbocycles. The molecular weight excluding hydrogens is 141 g/mol. The Hall–Kier alpha value is 0.267. The summed E-state index contributed by atoms with van der Waals surface area (Å²) in [6, 6.07) is 0. The van der Waals surface area contributed by atoms with Gasteiger partial charge in [-0.3, -0.25) is 0 Å². The van der Waals surface area contributed by atoms with E-state index in [1.54, 1.807) is 0 Å². The molecule has 0 aliphatic heterocycles. The van der Waals surface area contributed by atoms with E-state index in [9.17, 15) is 0 Å². The molecule has 0 aromatic rings. The van der Waals surface area contributed by atoms with Gasteiger partial charge in [0.15, 0.2) is 0 Å². The van der Waals surface area contributed by atoms with Gasteiger partial charge in [-0.15, -0.1) is 0 Å². The topological polar surface area (TPSA) is 23.9 Å². The first-order valence-corrected chi connectivity index (χ1v) is 4.90. The Morgan fingerprint density at radius 2 is 1.42 bits per heavy atom. The van der Waals surface area contributed by atoms with Crippen LogP contribution in [0.3, 0.4) is 0 Å². The zero-order valence-electron chi connectivity index (χ0n) is 7.73. The van der Waals surface area contributed by atoms with E-state index in [0.717, 1.165) is 6.42 Å². The molecule has 0 amide bonds. The van der Waals surface area contributed by atoms with Gasteiger partial charge in [0, 0.05) is 0 Å². The van der Waals surface area contributed by atoms with Crippen LogP contribution in [-0.4, -0.2) is 25.1 Å². The Labute approximate surface area is 89.0 Å². The van der Waals surface area contributed by atoms with E-state index in [4.69, 9.17) is 5.41 Å². The molecule has 0 unspecified atom stereocenters. The average Bonchev–Trinajstić information content (AvgIpc) is 2.03. The van der Waals surface area contributed by atoms with Crippen LogP contribution >= 0.6 is 0 Å². The van der Waals surface area contributed by atoms with Crippen LogP contribution in [0.25, 0.3) is 0 Å².